The van der Waals surface area contributed by atoms with Crippen LogP contribution in [0.5, 0.6) is 0 Å². The summed E-state index contributed by atoms with van der Waals surface area (Å²) in [7, 11) is 0. The maximum atomic E-state index is 13.3. The first kappa shape index (κ1) is 22.9. The quantitative estimate of drug-likeness (QED) is 0.515. The van der Waals surface area contributed by atoms with Crippen LogP contribution in [0.25, 0.3) is 10.9 Å². The lowest BCUT2D eigenvalue weighted by molar-refractivity contribution is -0.139. The van der Waals surface area contributed by atoms with E-state index >= 15 is 0 Å². The van der Waals surface area contributed by atoms with E-state index in [1.165, 1.54) is 12.1 Å². The Balaban J connectivity index is 1.63. The number of nitrogens with zero attached hydrogens (tertiary/aromatic N) is 1. The number of aromatic nitrogens is 1. The molecule has 8 heteroatoms. The fourth-order valence-electron chi connectivity index (χ4n) is 4.88. The molecule has 0 aliphatic heterocycles. The molecule has 0 spiro atoms. The first-order valence-electron chi connectivity index (χ1n) is 10.8. The van der Waals surface area contributed by atoms with Crippen molar-refractivity contribution in [2.45, 2.75) is 50.9 Å². The number of fused-ring (bicyclic) bond motifs is 1. The van der Waals surface area contributed by atoms with E-state index in [2.05, 4.69) is 5.32 Å². The minimum atomic E-state index is -4.40. The molecule has 1 saturated carbocycles. The third-order valence-corrected chi connectivity index (χ3v) is 6.39. The molecule has 2 atom stereocenters. The van der Waals surface area contributed by atoms with Crippen molar-refractivity contribution in [3.8, 4) is 0 Å². The first-order chi connectivity index (χ1) is 15.6. The Morgan fingerprint density at radius 1 is 1.15 bits per heavy atom. The largest absolute Gasteiger partial charge is 0.481 e. The monoisotopic (exact) mass is 458 g/mol. The SMILES string of the molecule is CC1CCC(CC(=O)O)(NC(=O)c2cccc3ccn(Cc4ccc(C(F)(F)F)cc4)c23)C1. The number of aliphatic carboxylic acids is 1. The predicted octanol–water partition coefficient (Wildman–Crippen LogP) is 5.47. The van der Waals surface area contributed by atoms with Gasteiger partial charge in [0.25, 0.3) is 5.91 Å². The lowest BCUT2D eigenvalue weighted by Gasteiger charge is -2.29. The molecule has 1 aliphatic carbocycles. The second-order valence-electron chi connectivity index (χ2n) is 9.03. The maximum Gasteiger partial charge on any atom is 0.416 e. The molecule has 0 saturated heterocycles. The summed E-state index contributed by atoms with van der Waals surface area (Å²) in [5.74, 6) is -0.972. The number of nitrogens with one attached hydrogen (secondary N) is 1. The minimum Gasteiger partial charge on any atom is -0.481 e. The summed E-state index contributed by atoms with van der Waals surface area (Å²) in [4.78, 5) is 24.8. The van der Waals surface area contributed by atoms with Crippen LogP contribution in [0.1, 0.15) is 54.1 Å². The highest BCUT2D eigenvalue weighted by Crippen LogP contribution is 2.37. The molecule has 1 fully saturated rings. The first-order valence-corrected chi connectivity index (χ1v) is 10.8. The van der Waals surface area contributed by atoms with Gasteiger partial charge in [0.2, 0.25) is 0 Å². The summed E-state index contributed by atoms with van der Waals surface area (Å²) < 4.78 is 40.4. The number of carbonyl (C=O) groups is 2. The van der Waals surface area contributed by atoms with Crippen LogP contribution in [-0.2, 0) is 17.5 Å². The van der Waals surface area contributed by atoms with Crippen molar-refractivity contribution in [3.63, 3.8) is 0 Å². The van der Waals surface area contributed by atoms with E-state index in [-0.39, 0.29) is 12.3 Å². The molecule has 1 amide bonds. The van der Waals surface area contributed by atoms with Crippen LogP contribution in [0.2, 0.25) is 0 Å². The highest BCUT2D eigenvalue weighted by molar-refractivity contribution is 6.06. The van der Waals surface area contributed by atoms with Crippen molar-refractivity contribution in [3.05, 3.63) is 71.4 Å². The van der Waals surface area contributed by atoms with Crippen LogP contribution in [0.3, 0.4) is 0 Å². The zero-order valence-electron chi connectivity index (χ0n) is 18.2. The number of amides is 1. The molecule has 0 radical (unpaired) electrons. The zero-order valence-corrected chi connectivity index (χ0v) is 18.2. The molecule has 3 aromatic rings. The highest BCUT2D eigenvalue weighted by Gasteiger charge is 2.41. The van der Waals surface area contributed by atoms with Crippen LogP contribution < -0.4 is 5.32 Å². The van der Waals surface area contributed by atoms with Gasteiger partial charge in [0.05, 0.1) is 28.6 Å². The molecule has 174 valence electrons. The fraction of sp³-hybridized carbons (Fsp3) is 0.360. The van der Waals surface area contributed by atoms with Gasteiger partial charge in [0.1, 0.15) is 0 Å². The predicted molar refractivity (Wildman–Crippen MR) is 118 cm³/mol. The minimum absolute atomic E-state index is 0.133. The van der Waals surface area contributed by atoms with Gasteiger partial charge in [-0.15, -0.1) is 0 Å². The summed E-state index contributed by atoms with van der Waals surface area (Å²) in [5.41, 5.74) is 0.246. The van der Waals surface area contributed by atoms with E-state index in [4.69, 9.17) is 0 Å². The Labute approximate surface area is 189 Å². The van der Waals surface area contributed by atoms with Gasteiger partial charge >= 0.3 is 12.1 Å². The topological polar surface area (TPSA) is 71.3 Å². The number of benzene rings is 2. The van der Waals surface area contributed by atoms with E-state index in [0.717, 1.165) is 23.9 Å². The molecule has 2 aromatic carbocycles. The van der Waals surface area contributed by atoms with Crippen molar-refractivity contribution < 1.29 is 27.9 Å². The third kappa shape index (κ3) is 4.89. The molecule has 5 nitrogen and oxygen atoms in total. The van der Waals surface area contributed by atoms with Crippen molar-refractivity contribution in [2.75, 3.05) is 0 Å². The van der Waals surface area contributed by atoms with Crippen molar-refractivity contribution >= 4 is 22.8 Å². The number of carboxylic acids is 1. The molecule has 33 heavy (non-hydrogen) atoms. The number of rotatable bonds is 6. The summed E-state index contributed by atoms with van der Waals surface area (Å²) in [6.45, 7) is 2.34. The summed E-state index contributed by atoms with van der Waals surface area (Å²) in [6.07, 6.45) is -0.673. The maximum absolute atomic E-state index is 13.3. The summed E-state index contributed by atoms with van der Waals surface area (Å²) in [6, 6.07) is 12.1. The third-order valence-electron chi connectivity index (χ3n) is 6.39. The molecule has 0 bridgehead atoms. The van der Waals surface area contributed by atoms with Gasteiger partial charge in [0, 0.05) is 18.1 Å². The Morgan fingerprint density at radius 2 is 1.88 bits per heavy atom. The van der Waals surface area contributed by atoms with Crippen molar-refractivity contribution in [2.24, 2.45) is 5.92 Å². The van der Waals surface area contributed by atoms with E-state index in [1.54, 1.807) is 18.3 Å². The molecular weight excluding hydrogens is 433 g/mol. The number of para-hydroxylation sites is 1. The van der Waals surface area contributed by atoms with Gasteiger partial charge in [-0.3, -0.25) is 9.59 Å². The van der Waals surface area contributed by atoms with E-state index in [0.29, 0.717) is 41.9 Å². The number of halogens is 3. The van der Waals surface area contributed by atoms with Gasteiger partial charge in [-0.05, 0) is 55.0 Å². The Hall–Kier alpha value is -3.29. The summed E-state index contributed by atoms with van der Waals surface area (Å²) in [5, 5.41) is 13.2. The van der Waals surface area contributed by atoms with Crippen LogP contribution in [0, 0.1) is 5.92 Å². The molecule has 1 aliphatic rings. The van der Waals surface area contributed by atoms with E-state index < -0.39 is 23.2 Å². The summed E-state index contributed by atoms with van der Waals surface area (Å²) >= 11 is 0. The number of carboxylic acid groups (broad SMARTS) is 1. The van der Waals surface area contributed by atoms with Crippen LogP contribution >= 0.6 is 0 Å². The average molecular weight is 458 g/mol. The van der Waals surface area contributed by atoms with Crippen molar-refractivity contribution in [1.29, 1.82) is 0 Å². The van der Waals surface area contributed by atoms with Gasteiger partial charge in [-0.25, -0.2) is 0 Å². The number of hydrogen-bond donors (Lipinski definition) is 2. The molecule has 4 rings (SSSR count). The Morgan fingerprint density at radius 3 is 2.48 bits per heavy atom. The molecule has 2 N–H and O–H groups in total. The second-order valence-corrected chi connectivity index (χ2v) is 9.03. The van der Waals surface area contributed by atoms with Gasteiger partial charge in [-0.1, -0.05) is 31.2 Å². The fourth-order valence-corrected chi connectivity index (χ4v) is 4.88. The van der Waals surface area contributed by atoms with Crippen molar-refractivity contribution in [1.82, 2.24) is 9.88 Å². The smallest absolute Gasteiger partial charge is 0.416 e. The molecule has 1 heterocycles. The second kappa shape index (κ2) is 8.57. The highest BCUT2D eigenvalue weighted by atomic mass is 19.4. The van der Waals surface area contributed by atoms with Crippen LogP contribution in [0.15, 0.2) is 54.7 Å². The number of alkyl halides is 3. The molecule has 1 aromatic heterocycles. The zero-order chi connectivity index (χ0) is 23.8. The standard InChI is InChI=1S/C25H25F3N2O3/c1-16-9-11-24(13-16,14-21(31)32)29-23(33)20-4-2-3-18-10-12-30(22(18)20)15-17-5-7-19(8-6-17)25(26,27)28/h2-8,10,12,16H,9,11,13-15H2,1H3,(H,29,33)(H,31,32). The lowest BCUT2D eigenvalue weighted by atomic mass is 9.91. The molecule has 2 unspecified atom stereocenters. The van der Waals surface area contributed by atoms with Crippen LogP contribution in [0.4, 0.5) is 13.2 Å². The number of hydrogen-bond acceptors (Lipinski definition) is 2. The Bertz CT molecular complexity index is 1180. The van der Waals surface area contributed by atoms with E-state index in [1.807, 2.05) is 23.6 Å². The van der Waals surface area contributed by atoms with Gasteiger partial charge in [-0.2, -0.15) is 13.2 Å². The average Bonchev–Trinajstić information content (AvgIpc) is 3.30. The normalized spacial score (nSPS) is 20.8. The van der Waals surface area contributed by atoms with E-state index in [9.17, 15) is 27.9 Å². The molecular formula is C25H25F3N2O3. The Kier molecular flexibility index (Phi) is 5.95. The lowest BCUT2D eigenvalue weighted by Crippen LogP contribution is -2.48. The number of carbonyl (C=O) groups excluding carboxylic acids is 1. The van der Waals surface area contributed by atoms with Crippen LogP contribution in [-0.4, -0.2) is 27.1 Å². The van der Waals surface area contributed by atoms with Gasteiger partial charge in [0.15, 0.2) is 0 Å². The van der Waals surface area contributed by atoms with Gasteiger partial charge < -0.3 is 15.0 Å².